The number of nitriles is 1. The van der Waals surface area contributed by atoms with E-state index in [9.17, 15) is 10.1 Å². The van der Waals surface area contributed by atoms with E-state index in [1.807, 2.05) is 60.7 Å². The van der Waals surface area contributed by atoms with Crippen LogP contribution in [0.4, 0.5) is 11.4 Å². The van der Waals surface area contributed by atoms with Gasteiger partial charge in [-0.25, -0.2) is 0 Å². The third-order valence-corrected chi connectivity index (χ3v) is 4.76. The summed E-state index contributed by atoms with van der Waals surface area (Å²) >= 11 is 0. The van der Waals surface area contributed by atoms with Gasteiger partial charge in [0.25, 0.3) is 5.91 Å². The Kier molecular flexibility index (Phi) is 6.08. The van der Waals surface area contributed by atoms with E-state index in [0.717, 1.165) is 35.6 Å². The van der Waals surface area contributed by atoms with Gasteiger partial charge in [-0.15, -0.1) is 0 Å². The van der Waals surface area contributed by atoms with E-state index >= 15 is 0 Å². The molecule has 0 unspecified atom stereocenters. The van der Waals surface area contributed by atoms with Crippen molar-refractivity contribution in [2.75, 3.05) is 23.3 Å². The molecule has 0 atom stereocenters. The average molecular weight is 369 g/mol. The summed E-state index contributed by atoms with van der Waals surface area (Å²) in [5.41, 5.74) is 4.46. The van der Waals surface area contributed by atoms with Crippen LogP contribution in [0.15, 0.2) is 72.8 Å². The second-order valence-corrected chi connectivity index (χ2v) is 6.38. The van der Waals surface area contributed by atoms with Crippen LogP contribution < -0.4 is 10.2 Å². The molecule has 0 aliphatic rings. The van der Waals surface area contributed by atoms with E-state index in [1.165, 1.54) is 0 Å². The summed E-state index contributed by atoms with van der Waals surface area (Å²) in [4.78, 5) is 15.2. The fourth-order valence-electron chi connectivity index (χ4n) is 3.27. The number of hydrogen-bond donors (Lipinski definition) is 1. The van der Waals surface area contributed by atoms with Gasteiger partial charge in [-0.2, -0.15) is 5.26 Å². The van der Waals surface area contributed by atoms with Crippen molar-refractivity contribution in [3.05, 3.63) is 83.9 Å². The zero-order valence-corrected chi connectivity index (χ0v) is 16.1. The molecular formula is C24H23N3O. The van der Waals surface area contributed by atoms with Crippen molar-refractivity contribution >= 4 is 17.3 Å². The average Bonchev–Trinajstić information content (AvgIpc) is 2.75. The highest BCUT2D eigenvalue weighted by atomic mass is 16.1. The minimum absolute atomic E-state index is 0.195. The number of carbonyl (C=O) groups excluding carboxylic acids is 1. The van der Waals surface area contributed by atoms with Gasteiger partial charge in [-0.05, 0) is 55.8 Å². The third kappa shape index (κ3) is 4.05. The number of anilines is 2. The Morgan fingerprint density at radius 3 is 2.14 bits per heavy atom. The lowest BCUT2D eigenvalue weighted by atomic mass is 9.95. The number of rotatable bonds is 6. The maximum atomic E-state index is 12.9. The summed E-state index contributed by atoms with van der Waals surface area (Å²) in [5, 5.41) is 12.4. The highest BCUT2D eigenvalue weighted by Crippen LogP contribution is 2.27. The molecule has 28 heavy (non-hydrogen) atoms. The fourth-order valence-corrected chi connectivity index (χ4v) is 3.27. The van der Waals surface area contributed by atoms with Gasteiger partial charge >= 0.3 is 0 Å². The Morgan fingerprint density at radius 2 is 1.50 bits per heavy atom. The lowest BCUT2D eigenvalue weighted by Crippen LogP contribution is -2.21. The van der Waals surface area contributed by atoms with Crippen LogP contribution in [-0.2, 0) is 0 Å². The Labute approximate surface area is 166 Å². The van der Waals surface area contributed by atoms with E-state index in [-0.39, 0.29) is 5.91 Å². The Hall–Kier alpha value is -3.58. The van der Waals surface area contributed by atoms with Crippen LogP contribution in [0.3, 0.4) is 0 Å². The van der Waals surface area contributed by atoms with Crippen LogP contribution in [0.25, 0.3) is 11.1 Å². The molecule has 3 rings (SSSR count). The highest BCUT2D eigenvalue weighted by molar-refractivity contribution is 6.09. The van der Waals surface area contributed by atoms with Crippen molar-refractivity contribution in [2.24, 2.45) is 0 Å². The van der Waals surface area contributed by atoms with Gasteiger partial charge in [0, 0.05) is 35.6 Å². The molecule has 0 saturated carbocycles. The molecule has 0 aliphatic carbocycles. The van der Waals surface area contributed by atoms with Crippen LogP contribution >= 0.6 is 0 Å². The molecule has 0 heterocycles. The Balaban J connectivity index is 1.87. The minimum atomic E-state index is -0.195. The van der Waals surface area contributed by atoms with Crippen molar-refractivity contribution < 1.29 is 4.79 Å². The molecule has 0 saturated heterocycles. The van der Waals surface area contributed by atoms with Crippen molar-refractivity contribution in [1.82, 2.24) is 0 Å². The van der Waals surface area contributed by atoms with Gasteiger partial charge in [0.15, 0.2) is 0 Å². The first-order valence-corrected chi connectivity index (χ1v) is 9.42. The smallest absolute Gasteiger partial charge is 0.256 e. The number of nitrogens with one attached hydrogen (secondary N) is 1. The van der Waals surface area contributed by atoms with Gasteiger partial charge in [0.1, 0.15) is 0 Å². The molecule has 3 aromatic rings. The highest BCUT2D eigenvalue weighted by Gasteiger charge is 2.15. The lowest BCUT2D eigenvalue weighted by Gasteiger charge is -2.21. The molecule has 0 spiro atoms. The molecule has 3 aromatic carbocycles. The number of carbonyl (C=O) groups is 1. The molecule has 4 nitrogen and oxygen atoms in total. The standard InChI is InChI=1S/C24H23N3O/c1-3-27(4-2)20-15-13-19(14-16-20)26-24(28)23-12-8-7-11-22(23)21-10-6-5-9-18(21)17-25/h5-16H,3-4H2,1-2H3,(H,26,28). The normalized spacial score (nSPS) is 10.2. The zero-order chi connectivity index (χ0) is 19.9. The van der Waals surface area contributed by atoms with Gasteiger partial charge in [-0.1, -0.05) is 36.4 Å². The maximum absolute atomic E-state index is 12.9. The largest absolute Gasteiger partial charge is 0.372 e. The zero-order valence-electron chi connectivity index (χ0n) is 16.1. The fraction of sp³-hybridized carbons (Fsp3) is 0.167. The van der Waals surface area contributed by atoms with Gasteiger partial charge < -0.3 is 10.2 Å². The number of hydrogen-bond acceptors (Lipinski definition) is 3. The lowest BCUT2D eigenvalue weighted by molar-refractivity contribution is 0.102. The first-order valence-electron chi connectivity index (χ1n) is 9.42. The molecule has 0 radical (unpaired) electrons. The van der Waals surface area contributed by atoms with Crippen LogP contribution in [0.2, 0.25) is 0 Å². The summed E-state index contributed by atoms with van der Waals surface area (Å²) < 4.78 is 0. The molecule has 0 aliphatic heterocycles. The van der Waals surface area contributed by atoms with Gasteiger partial charge in [0.2, 0.25) is 0 Å². The number of benzene rings is 3. The Bertz CT molecular complexity index is 999. The topological polar surface area (TPSA) is 56.1 Å². The molecule has 1 N–H and O–H groups in total. The van der Waals surface area contributed by atoms with Crippen LogP contribution in [0, 0.1) is 11.3 Å². The van der Waals surface area contributed by atoms with Crippen LogP contribution in [0.5, 0.6) is 0 Å². The summed E-state index contributed by atoms with van der Waals surface area (Å²) in [7, 11) is 0. The van der Waals surface area contributed by atoms with E-state index in [2.05, 4.69) is 30.1 Å². The van der Waals surface area contributed by atoms with Crippen LogP contribution in [-0.4, -0.2) is 19.0 Å². The summed E-state index contributed by atoms with van der Waals surface area (Å²) in [6, 6.07) is 24.7. The molecule has 140 valence electrons. The quantitative estimate of drug-likeness (QED) is 0.639. The van der Waals surface area contributed by atoms with Crippen molar-refractivity contribution in [3.63, 3.8) is 0 Å². The van der Waals surface area contributed by atoms with Crippen LogP contribution in [0.1, 0.15) is 29.8 Å². The summed E-state index contributed by atoms with van der Waals surface area (Å²) in [5.74, 6) is -0.195. The number of nitrogens with zero attached hydrogens (tertiary/aromatic N) is 2. The number of amides is 1. The van der Waals surface area contributed by atoms with E-state index in [1.54, 1.807) is 12.1 Å². The van der Waals surface area contributed by atoms with E-state index < -0.39 is 0 Å². The molecule has 0 aromatic heterocycles. The van der Waals surface area contributed by atoms with E-state index in [0.29, 0.717) is 11.1 Å². The Morgan fingerprint density at radius 1 is 0.893 bits per heavy atom. The van der Waals surface area contributed by atoms with Crippen molar-refractivity contribution in [3.8, 4) is 17.2 Å². The maximum Gasteiger partial charge on any atom is 0.256 e. The van der Waals surface area contributed by atoms with E-state index in [4.69, 9.17) is 0 Å². The molecule has 0 fully saturated rings. The first-order chi connectivity index (χ1) is 13.7. The summed E-state index contributed by atoms with van der Waals surface area (Å²) in [6.07, 6.45) is 0. The van der Waals surface area contributed by atoms with Gasteiger partial charge in [0.05, 0.1) is 11.6 Å². The van der Waals surface area contributed by atoms with Crippen molar-refractivity contribution in [1.29, 1.82) is 5.26 Å². The molecule has 1 amide bonds. The first kappa shape index (κ1) is 19.2. The van der Waals surface area contributed by atoms with Gasteiger partial charge in [-0.3, -0.25) is 4.79 Å². The van der Waals surface area contributed by atoms with Crippen molar-refractivity contribution in [2.45, 2.75) is 13.8 Å². The molecular weight excluding hydrogens is 346 g/mol. The molecule has 4 heteroatoms. The second kappa shape index (κ2) is 8.88. The third-order valence-electron chi connectivity index (χ3n) is 4.76. The minimum Gasteiger partial charge on any atom is -0.372 e. The summed E-state index contributed by atoms with van der Waals surface area (Å²) in [6.45, 7) is 6.12. The predicted octanol–water partition coefficient (Wildman–Crippen LogP) is 5.32. The molecule has 0 bridgehead atoms. The predicted molar refractivity (Wildman–Crippen MR) is 115 cm³/mol. The SMILES string of the molecule is CCN(CC)c1ccc(NC(=O)c2ccccc2-c2ccccc2C#N)cc1. The monoisotopic (exact) mass is 369 g/mol. The second-order valence-electron chi connectivity index (χ2n) is 6.38.